The number of hydrogen-bond acceptors (Lipinski definition) is 5. The van der Waals surface area contributed by atoms with E-state index in [1.165, 1.54) is 4.90 Å². The molecule has 0 aromatic rings. The van der Waals surface area contributed by atoms with Gasteiger partial charge in [-0.15, -0.1) is 0 Å². The van der Waals surface area contributed by atoms with Crippen LogP contribution in [0.25, 0.3) is 0 Å². The van der Waals surface area contributed by atoms with Crippen molar-refractivity contribution in [3.63, 3.8) is 0 Å². The maximum Gasteiger partial charge on any atom is 0.410 e. The van der Waals surface area contributed by atoms with Crippen LogP contribution in [0, 0.1) is 5.92 Å². The molecule has 9 heteroatoms. The van der Waals surface area contributed by atoms with E-state index in [9.17, 15) is 18.0 Å². The molecule has 2 saturated heterocycles. The predicted molar refractivity (Wildman–Crippen MR) is 79.4 cm³/mol. The molecule has 2 amide bonds. The average molecular weight is 333 g/mol. The van der Waals surface area contributed by atoms with Crippen molar-refractivity contribution in [2.24, 2.45) is 11.1 Å². The Bertz CT molecular complexity index is 563. The van der Waals surface area contributed by atoms with Gasteiger partial charge in [0, 0.05) is 32.0 Å². The lowest BCUT2D eigenvalue weighted by molar-refractivity contribution is -0.132. The summed E-state index contributed by atoms with van der Waals surface area (Å²) < 4.78 is 27.5. The van der Waals surface area contributed by atoms with E-state index in [2.05, 4.69) is 0 Å². The first kappa shape index (κ1) is 17.0. The van der Waals surface area contributed by atoms with Crippen LogP contribution in [0.3, 0.4) is 0 Å². The van der Waals surface area contributed by atoms with Gasteiger partial charge >= 0.3 is 6.09 Å². The first-order valence-electron chi connectivity index (χ1n) is 7.22. The highest BCUT2D eigenvalue weighted by Gasteiger charge is 2.43. The van der Waals surface area contributed by atoms with Crippen LogP contribution in [0.2, 0.25) is 0 Å². The summed E-state index contributed by atoms with van der Waals surface area (Å²) in [4.78, 5) is 27.0. The van der Waals surface area contributed by atoms with E-state index < -0.39 is 21.7 Å². The zero-order valence-corrected chi connectivity index (χ0v) is 13.9. The van der Waals surface area contributed by atoms with Gasteiger partial charge in [0.05, 0.1) is 11.8 Å². The van der Waals surface area contributed by atoms with Crippen LogP contribution in [0.1, 0.15) is 27.2 Å². The average Bonchev–Trinajstić information content (AvgIpc) is 2.51. The quantitative estimate of drug-likeness (QED) is 0.765. The van der Waals surface area contributed by atoms with Gasteiger partial charge in [-0.3, -0.25) is 4.79 Å². The standard InChI is InChI=1S/C13H23N3O5S/c1-13(2,3)21-12(18)15-6-10(7-15)16-5-9(4-11(16)17)8-22(14,19)20/h9-10H,4-8H2,1-3H3,(H2,14,19,20). The molecule has 0 aromatic heterocycles. The van der Waals surface area contributed by atoms with Crippen LogP contribution in [0.4, 0.5) is 4.79 Å². The summed E-state index contributed by atoms with van der Waals surface area (Å²) in [7, 11) is -3.58. The second-order valence-electron chi connectivity index (χ2n) is 6.98. The molecule has 2 aliphatic heterocycles. The van der Waals surface area contributed by atoms with Crippen molar-refractivity contribution < 1.29 is 22.7 Å². The van der Waals surface area contributed by atoms with E-state index in [4.69, 9.17) is 9.88 Å². The van der Waals surface area contributed by atoms with Crippen molar-refractivity contribution in [1.82, 2.24) is 9.80 Å². The molecular formula is C13H23N3O5S. The molecule has 2 fully saturated rings. The number of ether oxygens (including phenoxy) is 1. The highest BCUT2D eigenvalue weighted by atomic mass is 32.2. The Morgan fingerprint density at radius 2 is 1.91 bits per heavy atom. The fraction of sp³-hybridized carbons (Fsp3) is 0.846. The van der Waals surface area contributed by atoms with Crippen LogP contribution in [-0.4, -0.2) is 67.2 Å². The van der Waals surface area contributed by atoms with Gasteiger partial charge in [-0.1, -0.05) is 0 Å². The van der Waals surface area contributed by atoms with Gasteiger partial charge < -0.3 is 14.5 Å². The van der Waals surface area contributed by atoms with Gasteiger partial charge in [0.2, 0.25) is 15.9 Å². The second kappa shape index (κ2) is 5.69. The number of hydrogen-bond donors (Lipinski definition) is 1. The van der Waals surface area contributed by atoms with E-state index in [1.807, 2.05) is 0 Å². The Morgan fingerprint density at radius 3 is 2.41 bits per heavy atom. The summed E-state index contributed by atoms with van der Waals surface area (Å²) in [6.07, 6.45) is -0.198. The van der Waals surface area contributed by atoms with E-state index in [1.54, 1.807) is 25.7 Å². The number of carbonyl (C=O) groups is 2. The predicted octanol–water partition coefficient (Wildman–Crippen LogP) is -0.257. The van der Waals surface area contributed by atoms with Crippen molar-refractivity contribution >= 4 is 22.0 Å². The minimum absolute atomic E-state index is 0.0644. The molecule has 2 rings (SSSR count). The third-order valence-electron chi connectivity index (χ3n) is 3.66. The van der Waals surface area contributed by atoms with Crippen LogP contribution in [0.5, 0.6) is 0 Å². The van der Waals surface area contributed by atoms with Gasteiger partial charge in [0.15, 0.2) is 0 Å². The normalized spacial score (nSPS) is 23.6. The summed E-state index contributed by atoms with van der Waals surface area (Å²) in [5, 5.41) is 5.02. The molecule has 126 valence electrons. The summed E-state index contributed by atoms with van der Waals surface area (Å²) in [6, 6.07) is -0.0644. The highest BCUT2D eigenvalue weighted by Crippen LogP contribution is 2.26. The number of rotatable bonds is 3. The molecule has 1 unspecified atom stereocenters. The molecule has 0 radical (unpaired) electrons. The van der Waals surface area contributed by atoms with Crippen molar-refractivity contribution in [1.29, 1.82) is 0 Å². The largest absolute Gasteiger partial charge is 0.444 e. The molecule has 0 bridgehead atoms. The number of sulfonamides is 1. The van der Waals surface area contributed by atoms with Crippen molar-refractivity contribution in [3.8, 4) is 0 Å². The molecule has 8 nitrogen and oxygen atoms in total. The topological polar surface area (TPSA) is 110 Å². The first-order chi connectivity index (χ1) is 9.94. The summed E-state index contributed by atoms with van der Waals surface area (Å²) in [5.41, 5.74) is -0.549. The minimum Gasteiger partial charge on any atom is -0.444 e. The number of amides is 2. The molecule has 0 spiro atoms. The third-order valence-corrected chi connectivity index (χ3v) is 4.60. The van der Waals surface area contributed by atoms with Crippen molar-refractivity contribution in [2.75, 3.05) is 25.4 Å². The summed E-state index contributed by atoms with van der Waals surface area (Å²) in [5.74, 6) is -0.529. The van der Waals surface area contributed by atoms with Crippen molar-refractivity contribution in [2.45, 2.75) is 38.8 Å². The van der Waals surface area contributed by atoms with Gasteiger partial charge in [-0.25, -0.2) is 18.4 Å². The van der Waals surface area contributed by atoms with Crippen molar-refractivity contribution in [3.05, 3.63) is 0 Å². The van der Waals surface area contributed by atoms with E-state index >= 15 is 0 Å². The number of carbonyl (C=O) groups excluding carboxylic acids is 2. The highest BCUT2D eigenvalue weighted by molar-refractivity contribution is 7.89. The number of primary sulfonamides is 1. The lowest BCUT2D eigenvalue weighted by atomic mass is 10.1. The smallest absolute Gasteiger partial charge is 0.410 e. The Balaban J connectivity index is 1.84. The van der Waals surface area contributed by atoms with Crippen LogP contribution >= 0.6 is 0 Å². The molecule has 0 aliphatic carbocycles. The Morgan fingerprint density at radius 1 is 1.32 bits per heavy atom. The lowest BCUT2D eigenvalue weighted by Crippen LogP contribution is -2.62. The van der Waals surface area contributed by atoms with Crippen LogP contribution in [-0.2, 0) is 19.6 Å². The molecule has 22 heavy (non-hydrogen) atoms. The third kappa shape index (κ3) is 4.33. The Kier molecular flexibility index (Phi) is 4.40. The fourth-order valence-electron chi connectivity index (χ4n) is 2.73. The maximum absolute atomic E-state index is 12.0. The maximum atomic E-state index is 12.0. The SMILES string of the molecule is CC(C)(C)OC(=O)N1CC(N2CC(CS(N)(=O)=O)CC2=O)C1. The van der Waals surface area contributed by atoms with E-state index in [0.29, 0.717) is 19.6 Å². The molecule has 2 heterocycles. The van der Waals surface area contributed by atoms with Crippen LogP contribution in [0.15, 0.2) is 0 Å². The van der Waals surface area contributed by atoms with Gasteiger partial charge in [-0.05, 0) is 20.8 Å². The summed E-state index contributed by atoms with van der Waals surface area (Å²) in [6.45, 7) is 6.60. The second-order valence-corrected chi connectivity index (χ2v) is 8.64. The minimum atomic E-state index is -3.58. The Labute approximate surface area is 130 Å². The molecular weight excluding hydrogens is 310 g/mol. The zero-order valence-electron chi connectivity index (χ0n) is 13.1. The molecule has 2 aliphatic rings. The fourth-order valence-corrected chi connectivity index (χ4v) is 3.61. The zero-order chi connectivity index (χ0) is 16.7. The van der Waals surface area contributed by atoms with Crippen LogP contribution < -0.4 is 5.14 Å². The number of nitrogens with two attached hydrogens (primary N) is 1. The lowest BCUT2D eigenvalue weighted by Gasteiger charge is -2.44. The van der Waals surface area contributed by atoms with E-state index in [0.717, 1.165) is 0 Å². The number of nitrogens with zero attached hydrogens (tertiary/aromatic N) is 2. The van der Waals surface area contributed by atoms with Gasteiger partial charge in [-0.2, -0.15) is 0 Å². The molecule has 0 saturated carbocycles. The molecule has 0 aromatic carbocycles. The van der Waals surface area contributed by atoms with Gasteiger partial charge in [0.1, 0.15) is 5.60 Å². The molecule has 2 N–H and O–H groups in total. The Hall–Kier alpha value is -1.35. The summed E-state index contributed by atoms with van der Waals surface area (Å²) >= 11 is 0. The molecule has 1 atom stereocenters. The first-order valence-corrected chi connectivity index (χ1v) is 8.94. The monoisotopic (exact) mass is 333 g/mol. The number of likely N-dealkylation sites (tertiary alicyclic amines) is 2. The van der Waals surface area contributed by atoms with E-state index in [-0.39, 0.29) is 30.0 Å². The van der Waals surface area contributed by atoms with Gasteiger partial charge in [0.25, 0.3) is 0 Å².